The maximum Gasteiger partial charge on any atom is 0.0635 e. The second-order valence-corrected chi connectivity index (χ2v) is 4.65. The van der Waals surface area contributed by atoms with Gasteiger partial charge < -0.3 is 5.32 Å². The van der Waals surface area contributed by atoms with Crippen LogP contribution in [0.2, 0.25) is 0 Å². The maximum atomic E-state index is 8.44. The molecule has 1 fully saturated rings. The molecule has 1 aliphatic carbocycles. The van der Waals surface area contributed by atoms with Crippen LogP contribution < -0.4 is 5.32 Å². The molecule has 1 N–H and O–H groups in total. The molecule has 0 heterocycles. The molecule has 0 aromatic heterocycles. The van der Waals surface area contributed by atoms with E-state index in [1.807, 2.05) is 0 Å². The van der Waals surface area contributed by atoms with Gasteiger partial charge in [-0.05, 0) is 18.3 Å². The summed E-state index contributed by atoms with van der Waals surface area (Å²) in [4.78, 5) is 0. The van der Waals surface area contributed by atoms with Crippen molar-refractivity contribution >= 4 is 0 Å². The highest BCUT2D eigenvalue weighted by atomic mass is 14.9. The van der Waals surface area contributed by atoms with E-state index in [9.17, 15) is 0 Å². The Labute approximate surface area is 81.3 Å². The van der Waals surface area contributed by atoms with E-state index in [0.717, 1.165) is 6.54 Å². The zero-order chi connectivity index (χ0) is 9.73. The number of nitriles is 1. The first-order valence-electron chi connectivity index (χ1n) is 5.27. The second kappa shape index (κ2) is 4.62. The summed E-state index contributed by atoms with van der Waals surface area (Å²) in [6.45, 7) is 5.51. The lowest BCUT2D eigenvalue weighted by molar-refractivity contribution is 0.169. The summed E-state index contributed by atoms with van der Waals surface area (Å²) in [5, 5.41) is 11.9. The highest BCUT2D eigenvalue weighted by Crippen LogP contribution is 2.35. The van der Waals surface area contributed by atoms with E-state index in [0.29, 0.717) is 17.9 Å². The molecule has 1 saturated carbocycles. The summed E-state index contributed by atoms with van der Waals surface area (Å²) < 4.78 is 0. The summed E-state index contributed by atoms with van der Waals surface area (Å²) in [6, 6.07) is 2.79. The van der Waals surface area contributed by atoms with E-state index in [4.69, 9.17) is 5.26 Å². The Hall–Kier alpha value is -0.550. The minimum atomic E-state index is 0.424. The Kier molecular flexibility index (Phi) is 3.74. The molecule has 0 saturated heterocycles. The fraction of sp³-hybridized carbons (Fsp3) is 0.909. The average Bonchev–Trinajstić information content (AvgIpc) is 2.08. The predicted molar refractivity (Wildman–Crippen MR) is 54.3 cm³/mol. The third-order valence-electron chi connectivity index (χ3n) is 3.13. The lowest BCUT2D eigenvalue weighted by Crippen LogP contribution is -2.44. The smallest absolute Gasteiger partial charge is 0.0635 e. The van der Waals surface area contributed by atoms with Crippen molar-refractivity contribution in [2.24, 2.45) is 5.41 Å². The largest absolute Gasteiger partial charge is 0.312 e. The Morgan fingerprint density at radius 3 is 2.85 bits per heavy atom. The van der Waals surface area contributed by atoms with Crippen LogP contribution in [0.5, 0.6) is 0 Å². The van der Waals surface area contributed by atoms with Crippen LogP contribution in [0.25, 0.3) is 0 Å². The fourth-order valence-electron chi connectivity index (χ4n) is 2.17. The van der Waals surface area contributed by atoms with Gasteiger partial charge in [0.2, 0.25) is 0 Å². The summed E-state index contributed by atoms with van der Waals surface area (Å²) in [5.74, 6) is 0. The molecular weight excluding hydrogens is 160 g/mol. The van der Waals surface area contributed by atoms with Gasteiger partial charge >= 0.3 is 0 Å². The molecule has 1 aliphatic rings. The van der Waals surface area contributed by atoms with Gasteiger partial charge in [0, 0.05) is 19.0 Å². The van der Waals surface area contributed by atoms with E-state index < -0.39 is 0 Å². The lowest BCUT2D eigenvalue weighted by Gasteiger charge is -2.39. The van der Waals surface area contributed by atoms with Crippen molar-refractivity contribution < 1.29 is 0 Å². The van der Waals surface area contributed by atoms with E-state index in [-0.39, 0.29) is 0 Å². The van der Waals surface area contributed by atoms with Crippen molar-refractivity contribution in [2.45, 2.75) is 52.0 Å². The van der Waals surface area contributed by atoms with Crippen LogP contribution in [0.4, 0.5) is 0 Å². The first kappa shape index (κ1) is 10.5. The molecule has 0 bridgehead atoms. The van der Waals surface area contributed by atoms with Crippen LogP contribution >= 0.6 is 0 Å². The summed E-state index contributed by atoms with van der Waals surface area (Å²) in [7, 11) is 0. The SMILES string of the molecule is CC1(C)CCCCC1NCCC#N. The molecule has 13 heavy (non-hydrogen) atoms. The predicted octanol–water partition coefficient (Wildman–Crippen LogP) is 2.46. The highest BCUT2D eigenvalue weighted by Gasteiger charge is 2.31. The number of nitrogens with zero attached hydrogens (tertiary/aromatic N) is 1. The highest BCUT2D eigenvalue weighted by molar-refractivity contribution is 4.88. The number of hydrogen-bond acceptors (Lipinski definition) is 2. The topological polar surface area (TPSA) is 35.8 Å². The molecule has 2 nitrogen and oxygen atoms in total. The Morgan fingerprint density at radius 2 is 2.23 bits per heavy atom. The molecule has 0 amide bonds. The van der Waals surface area contributed by atoms with Crippen molar-refractivity contribution in [1.29, 1.82) is 5.26 Å². The Balaban J connectivity index is 2.34. The molecular formula is C11H20N2. The first-order valence-corrected chi connectivity index (χ1v) is 5.27. The zero-order valence-electron chi connectivity index (χ0n) is 8.77. The van der Waals surface area contributed by atoms with Crippen LogP contribution in [0.3, 0.4) is 0 Å². The zero-order valence-corrected chi connectivity index (χ0v) is 8.77. The maximum absolute atomic E-state index is 8.44. The van der Waals surface area contributed by atoms with Crippen LogP contribution in [0, 0.1) is 16.7 Å². The summed E-state index contributed by atoms with van der Waals surface area (Å²) in [5.41, 5.74) is 0.424. The molecule has 0 spiro atoms. The molecule has 1 atom stereocenters. The van der Waals surface area contributed by atoms with Gasteiger partial charge in [-0.3, -0.25) is 0 Å². The third-order valence-corrected chi connectivity index (χ3v) is 3.13. The Morgan fingerprint density at radius 1 is 1.46 bits per heavy atom. The number of hydrogen-bond donors (Lipinski definition) is 1. The number of rotatable bonds is 3. The van der Waals surface area contributed by atoms with E-state index in [1.165, 1.54) is 25.7 Å². The van der Waals surface area contributed by atoms with E-state index in [2.05, 4.69) is 25.2 Å². The molecule has 0 aromatic rings. The van der Waals surface area contributed by atoms with Gasteiger partial charge in [-0.1, -0.05) is 26.7 Å². The van der Waals surface area contributed by atoms with Gasteiger partial charge in [0.1, 0.15) is 0 Å². The van der Waals surface area contributed by atoms with Gasteiger partial charge in [0.25, 0.3) is 0 Å². The standard InChI is InChI=1S/C11H20N2/c1-11(2)7-4-3-6-10(11)13-9-5-8-12/h10,13H,3-7,9H2,1-2H3. The monoisotopic (exact) mass is 180 g/mol. The summed E-state index contributed by atoms with van der Waals surface area (Å²) >= 11 is 0. The molecule has 0 radical (unpaired) electrons. The molecule has 1 unspecified atom stereocenters. The van der Waals surface area contributed by atoms with Gasteiger partial charge in [-0.15, -0.1) is 0 Å². The molecule has 1 rings (SSSR count). The van der Waals surface area contributed by atoms with Crippen LogP contribution in [-0.4, -0.2) is 12.6 Å². The van der Waals surface area contributed by atoms with Crippen molar-refractivity contribution in [3.05, 3.63) is 0 Å². The van der Waals surface area contributed by atoms with Crippen molar-refractivity contribution in [3.8, 4) is 6.07 Å². The van der Waals surface area contributed by atoms with Crippen molar-refractivity contribution in [1.82, 2.24) is 5.32 Å². The third kappa shape index (κ3) is 3.00. The Bertz CT molecular complexity index is 191. The van der Waals surface area contributed by atoms with Gasteiger partial charge in [0.05, 0.1) is 6.07 Å². The summed E-state index contributed by atoms with van der Waals surface area (Å²) in [6.07, 6.45) is 5.93. The molecule has 2 heteroatoms. The van der Waals surface area contributed by atoms with Crippen molar-refractivity contribution in [3.63, 3.8) is 0 Å². The molecule has 0 aromatic carbocycles. The minimum absolute atomic E-state index is 0.424. The quantitative estimate of drug-likeness (QED) is 0.677. The second-order valence-electron chi connectivity index (χ2n) is 4.65. The average molecular weight is 180 g/mol. The molecule has 74 valence electrons. The molecule has 0 aliphatic heterocycles. The van der Waals surface area contributed by atoms with Gasteiger partial charge in [-0.25, -0.2) is 0 Å². The normalized spacial score (nSPS) is 26.7. The minimum Gasteiger partial charge on any atom is -0.312 e. The van der Waals surface area contributed by atoms with Crippen molar-refractivity contribution in [2.75, 3.05) is 6.54 Å². The van der Waals surface area contributed by atoms with Crippen LogP contribution in [0.15, 0.2) is 0 Å². The fourth-order valence-corrected chi connectivity index (χ4v) is 2.17. The van der Waals surface area contributed by atoms with Gasteiger partial charge in [-0.2, -0.15) is 5.26 Å². The van der Waals surface area contributed by atoms with E-state index in [1.54, 1.807) is 0 Å². The first-order chi connectivity index (χ1) is 6.17. The lowest BCUT2D eigenvalue weighted by atomic mass is 9.73. The van der Waals surface area contributed by atoms with Crippen LogP contribution in [0.1, 0.15) is 46.0 Å². The van der Waals surface area contributed by atoms with E-state index >= 15 is 0 Å². The van der Waals surface area contributed by atoms with Crippen LogP contribution in [-0.2, 0) is 0 Å². The van der Waals surface area contributed by atoms with Gasteiger partial charge in [0.15, 0.2) is 0 Å². The number of nitrogens with one attached hydrogen (secondary N) is 1.